The third-order valence-corrected chi connectivity index (χ3v) is 2.34. The van der Waals surface area contributed by atoms with Gasteiger partial charge in [-0.25, -0.2) is 4.79 Å². The maximum atomic E-state index is 11.1. The molecule has 2 atom stereocenters. The molecule has 2 N–H and O–H groups in total. The maximum absolute atomic E-state index is 11.1. The van der Waals surface area contributed by atoms with Crippen LogP contribution in [0.3, 0.4) is 0 Å². The Morgan fingerprint density at radius 3 is 2.45 bits per heavy atom. The van der Waals surface area contributed by atoms with E-state index < -0.39 is 0 Å². The number of nitrogens with one attached hydrogen (secondary N) is 2. The summed E-state index contributed by atoms with van der Waals surface area (Å²) in [7, 11) is 0. The van der Waals surface area contributed by atoms with E-state index in [1.54, 1.807) is 0 Å². The highest BCUT2D eigenvalue weighted by Gasteiger charge is 2.34. The molecule has 3 nitrogen and oxygen atoms in total. The van der Waals surface area contributed by atoms with Crippen molar-refractivity contribution in [2.75, 3.05) is 0 Å². The van der Waals surface area contributed by atoms with Crippen molar-refractivity contribution in [1.82, 2.24) is 10.6 Å². The number of urea groups is 1. The first-order chi connectivity index (χ1) is 5.25. The number of rotatable bonds is 2. The lowest BCUT2D eigenvalue weighted by Gasteiger charge is -2.04. The molecule has 3 heteroatoms. The van der Waals surface area contributed by atoms with Gasteiger partial charge in [0.05, 0.1) is 0 Å². The van der Waals surface area contributed by atoms with Crippen molar-refractivity contribution in [2.24, 2.45) is 5.92 Å². The molecule has 0 aromatic rings. The molecule has 2 aliphatic rings. The van der Waals surface area contributed by atoms with Gasteiger partial charge in [-0.05, 0) is 25.2 Å². The zero-order chi connectivity index (χ0) is 7.84. The molecule has 62 valence electrons. The summed E-state index contributed by atoms with van der Waals surface area (Å²) in [4.78, 5) is 11.1. The summed E-state index contributed by atoms with van der Waals surface area (Å²) in [6, 6.07) is 0.958. The van der Waals surface area contributed by atoms with Gasteiger partial charge in [0.2, 0.25) is 0 Å². The smallest absolute Gasteiger partial charge is 0.315 e. The zero-order valence-electron chi connectivity index (χ0n) is 6.76. The van der Waals surface area contributed by atoms with Crippen LogP contribution >= 0.6 is 0 Å². The monoisotopic (exact) mass is 154 g/mol. The number of hydrogen-bond acceptors (Lipinski definition) is 1. The third-order valence-electron chi connectivity index (χ3n) is 2.34. The first-order valence-electron chi connectivity index (χ1n) is 4.33. The second-order valence-electron chi connectivity index (χ2n) is 3.71. The highest BCUT2D eigenvalue weighted by Crippen LogP contribution is 2.29. The average molecular weight is 154 g/mol. The summed E-state index contributed by atoms with van der Waals surface area (Å²) in [6.07, 6.45) is 3.47. The van der Waals surface area contributed by atoms with Crippen LogP contribution in [0.5, 0.6) is 0 Å². The van der Waals surface area contributed by atoms with Gasteiger partial charge in [0.15, 0.2) is 0 Å². The zero-order valence-corrected chi connectivity index (χ0v) is 6.76. The van der Waals surface area contributed by atoms with Crippen molar-refractivity contribution in [3.05, 3.63) is 0 Å². The van der Waals surface area contributed by atoms with Gasteiger partial charge in [0.25, 0.3) is 0 Å². The largest absolute Gasteiger partial charge is 0.335 e. The van der Waals surface area contributed by atoms with Gasteiger partial charge >= 0.3 is 6.03 Å². The molecule has 2 unspecified atom stereocenters. The minimum atomic E-state index is 0.0295. The molecule has 0 saturated heterocycles. The van der Waals surface area contributed by atoms with E-state index >= 15 is 0 Å². The summed E-state index contributed by atoms with van der Waals surface area (Å²) in [5.74, 6) is 0.694. The number of hydrogen-bond donors (Lipinski definition) is 2. The predicted octanol–water partition coefficient (Wildman–Crippen LogP) is 0.856. The van der Waals surface area contributed by atoms with Crippen LogP contribution < -0.4 is 10.6 Å². The molecule has 0 radical (unpaired) electrons. The highest BCUT2D eigenvalue weighted by atomic mass is 16.2. The lowest BCUT2D eigenvalue weighted by molar-refractivity contribution is 0.239. The quantitative estimate of drug-likeness (QED) is 0.608. The summed E-state index contributed by atoms with van der Waals surface area (Å²) in [6.45, 7) is 2.15. The van der Waals surface area contributed by atoms with Gasteiger partial charge in [0, 0.05) is 12.1 Å². The van der Waals surface area contributed by atoms with Crippen molar-refractivity contribution in [1.29, 1.82) is 0 Å². The summed E-state index contributed by atoms with van der Waals surface area (Å²) < 4.78 is 0. The molecule has 0 heterocycles. The van der Waals surface area contributed by atoms with E-state index in [1.165, 1.54) is 0 Å². The van der Waals surface area contributed by atoms with Crippen LogP contribution in [-0.4, -0.2) is 18.1 Å². The molecule has 0 bridgehead atoms. The molecule has 0 aromatic heterocycles. The van der Waals surface area contributed by atoms with Gasteiger partial charge < -0.3 is 10.6 Å². The van der Waals surface area contributed by atoms with Crippen LogP contribution in [0.1, 0.15) is 26.2 Å². The Labute approximate surface area is 66.5 Å². The van der Waals surface area contributed by atoms with E-state index in [-0.39, 0.29) is 6.03 Å². The molecule has 2 aliphatic carbocycles. The summed E-state index contributed by atoms with van der Waals surface area (Å²) in [5, 5.41) is 5.82. The Morgan fingerprint density at radius 2 is 2.00 bits per heavy atom. The van der Waals surface area contributed by atoms with E-state index in [0.29, 0.717) is 18.0 Å². The van der Waals surface area contributed by atoms with Crippen molar-refractivity contribution >= 4 is 6.03 Å². The number of carbonyl (C=O) groups is 1. The Morgan fingerprint density at radius 1 is 1.36 bits per heavy atom. The lowest BCUT2D eigenvalue weighted by atomic mass is 10.5. The minimum Gasteiger partial charge on any atom is -0.335 e. The molecule has 2 fully saturated rings. The van der Waals surface area contributed by atoms with Gasteiger partial charge in [-0.1, -0.05) is 6.92 Å². The normalized spacial score (nSPS) is 34.6. The Balaban J connectivity index is 1.65. The molecule has 0 aromatic carbocycles. The molecule has 11 heavy (non-hydrogen) atoms. The van der Waals surface area contributed by atoms with Crippen molar-refractivity contribution < 1.29 is 4.79 Å². The fraction of sp³-hybridized carbons (Fsp3) is 0.875. The number of amides is 2. The average Bonchev–Trinajstić information content (AvgIpc) is 2.75. The van der Waals surface area contributed by atoms with Crippen LogP contribution in [0.15, 0.2) is 0 Å². The lowest BCUT2D eigenvalue weighted by Crippen LogP contribution is -2.38. The van der Waals surface area contributed by atoms with Crippen LogP contribution in [0.2, 0.25) is 0 Å². The van der Waals surface area contributed by atoms with Crippen LogP contribution in [-0.2, 0) is 0 Å². The summed E-state index contributed by atoms with van der Waals surface area (Å²) in [5.41, 5.74) is 0. The van der Waals surface area contributed by atoms with Crippen LogP contribution in [0.4, 0.5) is 4.79 Å². The molecule has 0 spiro atoms. The van der Waals surface area contributed by atoms with Gasteiger partial charge in [-0.3, -0.25) is 0 Å². The highest BCUT2D eigenvalue weighted by molar-refractivity contribution is 5.75. The van der Waals surface area contributed by atoms with Gasteiger partial charge in [0.1, 0.15) is 0 Å². The first-order valence-corrected chi connectivity index (χ1v) is 4.33. The Kier molecular flexibility index (Phi) is 1.51. The molecule has 0 aliphatic heterocycles. The van der Waals surface area contributed by atoms with Crippen molar-refractivity contribution in [3.8, 4) is 0 Å². The fourth-order valence-electron chi connectivity index (χ4n) is 1.15. The van der Waals surface area contributed by atoms with E-state index in [1.807, 2.05) is 0 Å². The van der Waals surface area contributed by atoms with E-state index in [2.05, 4.69) is 17.6 Å². The van der Waals surface area contributed by atoms with Crippen LogP contribution in [0, 0.1) is 5.92 Å². The third kappa shape index (κ3) is 1.85. The van der Waals surface area contributed by atoms with Crippen molar-refractivity contribution in [2.45, 2.75) is 38.3 Å². The Hall–Kier alpha value is -0.730. The molecular weight excluding hydrogens is 140 g/mol. The topological polar surface area (TPSA) is 41.1 Å². The van der Waals surface area contributed by atoms with E-state index in [9.17, 15) is 4.79 Å². The summed E-state index contributed by atoms with van der Waals surface area (Å²) >= 11 is 0. The first kappa shape index (κ1) is 6.95. The molecular formula is C8H14N2O. The second kappa shape index (κ2) is 2.40. The fourth-order valence-corrected chi connectivity index (χ4v) is 1.15. The van der Waals surface area contributed by atoms with E-state index in [0.717, 1.165) is 19.3 Å². The minimum absolute atomic E-state index is 0.0295. The van der Waals surface area contributed by atoms with Crippen molar-refractivity contribution in [3.63, 3.8) is 0 Å². The molecule has 2 amide bonds. The Bertz CT molecular complexity index is 177. The van der Waals surface area contributed by atoms with Gasteiger partial charge in [-0.2, -0.15) is 0 Å². The SMILES string of the molecule is CC1CC1NC(=O)NC1CC1. The predicted molar refractivity (Wildman–Crippen MR) is 42.3 cm³/mol. The number of carbonyl (C=O) groups excluding carboxylic acids is 1. The second-order valence-corrected chi connectivity index (χ2v) is 3.71. The maximum Gasteiger partial charge on any atom is 0.315 e. The molecule has 2 rings (SSSR count). The molecule has 2 saturated carbocycles. The standard InChI is InChI=1S/C8H14N2O/c1-5-4-7(5)10-8(11)9-6-2-3-6/h5-7H,2-4H2,1H3,(H2,9,10,11). The van der Waals surface area contributed by atoms with E-state index in [4.69, 9.17) is 0 Å². The van der Waals surface area contributed by atoms with Gasteiger partial charge in [-0.15, -0.1) is 0 Å². The van der Waals surface area contributed by atoms with Crippen LogP contribution in [0.25, 0.3) is 0 Å².